The van der Waals surface area contributed by atoms with E-state index < -0.39 is 10.8 Å². The summed E-state index contributed by atoms with van der Waals surface area (Å²) in [5, 5.41) is 14.2. The molecule has 152 valence electrons. The summed E-state index contributed by atoms with van der Waals surface area (Å²) in [6, 6.07) is 9.23. The lowest BCUT2D eigenvalue weighted by Gasteiger charge is -2.20. The van der Waals surface area contributed by atoms with Crippen molar-refractivity contribution in [3.63, 3.8) is 0 Å². The lowest BCUT2D eigenvalue weighted by Crippen LogP contribution is -2.31. The van der Waals surface area contributed by atoms with Crippen LogP contribution in [0.25, 0.3) is 0 Å². The van der Waals surface area contributed by atoms with E-state index in [1.54, 1.807) is 31.2 Å². The van der Waals surface area contributed by atoms with Crippen molar-refractivity contribution < 1.29 is 14.5 Å². The standard InChI is InChI=1S/C21H22ClN3O4/c1-14-12-16(22)13-18(25(28)29)19(14)20(26)23-17-8-6-15(7-9-17)21(27)24-10-4-2-3-5-11-24/h6-9,12-13H,2-5,10-11H2,1H3,(H,23,26). The Balaban J connectivity index is 1.76. The van der Waals surface area contributed by atoms with Gasteiger partial charge in [0.2, 0.25) is 0 Å². The summed E-state index contributed by atoms with van der Waals surface area (Å²) in [6.45, 7) is 3.12. The quantitative estimate of drug-likeness (QED) is 0.572. The molecule has 1 N–H and O–H groups in total. The minimum atomic E-state index is -0.628. The lowest BCUT2D eigenvalue weighted by molar-refractivity contribution is -0.385. The molecular formula is C21H22ClN3O4. The van der Waals surface area contributed by atoms with Crippen LogP contribution in [0.1, 0.15) is 52.0 Å². The summed E-state index contributed by atoms with van der Waals surface area (Å²) in [5.74, 6) is -0.619. The Labute approximate surface area is 173 Å². The van der Waals surface area contributed by atoms with Gasteiger partial charge in [-0.25, -0.2) is 0 Å². The molecule has 0 aliphatic carbocycles. The first-order valence-electron chi connectivity index (χ1n) is 9.52. The Morgan fingerprint density at radius 2 is 1.69 bits per heavy atom. The number of aryl methyl sites for hydroxylation is 1. The van der Waals surface area contributed by atoms with Gasteiger partial charge in [0.1, 0.15) is 5.56 Å². The number of nitrogens with one attached hydrogen (secondary N) is 1. The highest BCUT2D eigenvalue weighted by Gasteiger charge is 2.24. The maximum absolute atomic E-state index is 12.7. The summed E-state index contributed by atoms with van der Waals surface area (Å²) in [6.07, 6.45) is 4.31. The summed E-state index contributed by atoms with van der Waals surface area (Å²) in [5.41, 5.74) is 1.03. The van der Waals surface area contributed by atoms with E-state index in [2.05, 4.69) is 5.32 Å². The highest BCUT2D eigenvalue weighted by Crippen LogP contribution is 2.28. The van der Waals surface area contributed by atoms with E-state index in [0.717, 1.165) is 44.8 Å². The Morgan fingerprint density at radius 3 is 2.28 bits per heavy atom. The smallest absolute Gasteiger partial charge is 0.283 e. The number of amides is 2. The number of nitro benzene ring substituents is 1. The minimum Gasteiger partial charge on any atom is -0.339 e. The molecule has 1 saturated heterocycles. The molecule has 0 bridgehead atoms. The molecule has 0 radical (unpaired) electrons. The molecule has 0 saturated carbocycles. The van der Waals surface area contributed by atoms with Gasteiger partial charge in [-0.2, -0.15) is 0 Å². The van der Waals surface area contributed by atoms with Crippen molar-refractivity contribution in [2.75, 3.05) is 18.4 Å². The first kappa shape index (κ1) is 20.8. The Kier molecular flexibility index (Phi) is 6.49. The van der Waals surface area contributed by atoms with Crippen LogP contribution < -0.4 is 5.32 Å². The zero-order valence-electron chi connectivity index (χ0n) is 16.1. The van der Waals surface area contributed by atoms with Crippen molar-refractivity contribution in [2.45, 2.75) is 32.6 Å². The van der Waals surface area contributed by atoms with Gasteiger partial charge in [0, 0.05) is 35.4 Å². The van der Waals surface area contributed by atoms with Crippen molar-refractivity contribution >= 4 is 34.8 Å². The van der Waals surface area contributed by atoms with Crippen molar-refractivity contribution in [1.29, 1.82) is 0 Å². The normalized spacial score (nSPS) is 14.2. The fraction of sp³-hybridized carbons (Fsp3) is 0.333. The average molecular weight is 416 g/mol. The van der Waals surface area contributed by atoms with Gasteiger partial charge in [-0.3, -0.25) is 19.7 Å². The molecule has 1 heterocycles. The molecule has 2 aromatic rings. The molecule has 29 heavy (non-hydrogen) atoms. The van der Waals surface area contributed by atoms with Gasteiger partial charge in [0.25, 0.3) is 17.5 Å². The maximum Gasteiger partial charge on any atom is 0.283 e. The van der Waals surface area contributed by atoms with Crippen LogP contribution in [-0.4, -0.2) is 34.7 Å². The molecule has 7 nitrogen and oxygen atoms in total. The van der Waals surface area contributed by atoms with Gasteiger partial charge in [0.15, 0.2) is 0 Å². The first-order chi connectivity index (χ1) is 13.9. The number of likely N-dealkylation sites (tertiary alicyclic amines) is 1. The Bertz CT molecular complexity index is 936. The van der Waals surface area contributed by atoms with Crippen molar-refractivity contribution in [2.24, 2.45) is 0 Å². The van der Waals surface area contributed by atoms with E-state index >= 15 is 0 Å². The van der Waals surface area contributed by atoms with Crippen LogP contribution in [-0.2, 0) is 0 Å². The number of carbonyl (C=O) groups is 2. The van der Waals surface area contributed by atoms with E-state index in [1.165, 1.54) is 6.07 Å². The van der Waals surface area contributed by atoms with Crippen LogP contribution in [0, 0.1) is 17.0 Å². The number of benzene rings is 2. The molecule has 3 rings (SSSR count). The molecular weight excluding hydrogens is 394 g/mol. The van der Waals surface area contributed by atoms with Crippen molar-refractivity contribution in [3.8, 4) is 0 Å². The van der Waals surface area contributed by atoms with E-state index in [0.29, 0.717) is 16.8 Å². The molecule has 1 aliphatic rings. The zero-order chi connectivity index (χ0) is 21.0. The van der Waals surface area contributed by atoms with Crippen molar-refractivity contribution in [1.82, 2.24) is 4.90 Å². The lowest BCUT2D eigenvalue weighted by atomic mass is 10.1. The van der Waals surface area contributed by atoms with Crippen LogP contribution in [0.5, 0.6) is 0 Å². The number of nitro groups is 1. The molecule has 2 aromatic carbocycles. The van der Waals surface area contributed by atoms with Crippen LogP contribution in [0.2, 0.25) is 5.02 Å². The summed E-state index contributed by atoms with van der Waals surface area (Å²) in [4.78, 5) is 37.8. The third kappa shape index (κ3) is 4.92. The number of anilines is 1. The van der Waals surface area contributed by atoms with E-state index in [4.69, 9.17) is 11.6 Å². The van der Waals surface area contributed by atoms with Crippen LogP contribution in [0.3, 0.4) is 0 Å². The molecule has 2 amide bonds. The predicted octanol–water partition coefficient (Wildman–Crippen LogP) is 4.83. The Morgan fingerprint density at radius 1 is 1.07 bits per heavy atom. The molecule has 8 heteroatoms. The summed E-state index contributed by atoms with van der Waals surface area (Å²) in [7, 11) is 0. The second kappa shape index (κ2) is 9.05. The highest BCUT2D eigenvalue weighted by molar-refractivity contribution is 6.31. The van der Waals surface area contributed by atoms with E-state index in [9.17, 15) is 19.7 Å². The van der Waals surface area contributed by atoms with Gasteiger partial charge in [-0.15, -0.1) is 0 Å². The second-order valence-corrected chi connectivity index (χ2v) is 7.55. The van der Waals surface area contributed by atoms with Gasteiger partial charge in [-0.1, -0.05) is 24.4 Å². The third-order valence-corrected chi connectivity index (χ3v) is 5.20. The molecule has 1 aliphatic heterocycles. The number of hydrogen-bond acceptors (Lipinski definition) is 4. The minimum absolute atomic E-state index is 0.0195. The zero-order valence-corrected chi connectivity index (χ0v) is 16.9. The summed E-state index contributed by atoms with van der Waals surface area (Å²) < 4.78 is 0. The average Bonchev–Trinajstić information content (AvgIpc) is 2.96. The van der Waals surface area contributed by atoms with Crippen LogP contribution >= 0.6 is 11.6 Å². The molecule has 0 unspecified atom stereocenters. The first-order valence-corrected chi connectivity index (χ1v) is 9.90. The molecule has 1 fully saturated rings. The fourth-order valence-corrected chi connectivity index (χ4v) is 3.78. The number of halogens is 1. The monoisotopic (exact) mass is 415 g/mol. The van der Waals surface area contributed by atoms with Gasteiger partial charge < -0.3 is 10.2 Å². The fourth-order valence-electron chi connectivity index (χ4n) is 3.51. The molecule has 0 aromatic heterocycles. The summed E-state index contributed by atoms with van der Waals surface area (Å²) >= 11 is 5.88. The SMILES string of the molecule is Cc1cc(Cl)cc([N+](=O)[O-])c1C(=O)Nc1ccc(C(=O)N2CCCCCC2)cc1. The number of hydrogen-bond donors (Lipinski definition) is 1. The van der Waals surface area contributed by atoms with E-state index in [1.807, 2.05) is 4.90 Å². The van der Waals surface area contributed by atoms with Crippen molar-refractivity contribution in [3.05, 3.63) is 68.2 Å². The number of rotatable bonds is 4. The van der Waals surface area contributed by atoms with Gasteiger partial charge >= 0.3 is 0 Å². The topological polar surface area (TPSA) is 92.5 Å². The molecule has 0 atom stereocenters. The number of nitrogens with zero attached hydrogens (tertiary/aromatic N) is 2. The predicted molar refractivity (Wildman–Crippen MR) is 112 cm³/mol. The largest absolute Gasteiger partial charge is 0.339 e. The number of carbonyl (C=O) groups excluding carboxylic acids is 2. The van der Waals surface area contributed by atoms with Gasteiger partial charge in [0.05, 0.1) is 4.92 Å². The molecule has 0 spiro atoms. The van der Waals surface area contributed by atoms with Crippen LogP contribution in [0.15, 0.2) is 36.4 Å². The van der Waals surface area contributed by atoms with Gasteiger partial charge in [-0.05, 0) is 55.7 Å². The van der Waals surface area contributed by atoms with E-state index in [-0.39, 0.29) is 22.2 Å². The highest BCUT2D eigenvalue weighted by atomic mass is 35.5. The maximum atomic E-state index is 12.7. The Hall–Kier alpha value is -2.93. The van der Waals surface area contributed by atoms with Crippen LogP contribution in [0.4, 0.5) is 11.4 Å². The second-order valence-electron chi connectivity index (χ2n) is 7.11. The third-order valence-electron chi connectivity index (χ3n) is 4.99.